The van der Waals surface area contributed by atoms with Crippen LogP contribution in [-0.2, 0) is 20.2 Å². The largest absolute Gasteiger partial charge is 0.352 e. The summed E-state index contributed by atoms with van der Waals surface area (Å²) in [7, 11) is -3.23. The Labute approximate surface area is 156 Å². The number of piperidine rings is 1. The van der Waals surface area contributed by atoms with Crippen molar-refractivity contribution in [3.8, 4) is 0 Å². The first-order chi connectivity index (χ1) is 11.4. The molecule has 1 aliphatic heterocycles. The molecule has 1 atom stereocenters. The van der Waals surface area contributed by atoms with Crippen molar-refractivity contribution >= 4 is 28.3 Å². The van der Waals surface area contributed by atoms with Gasteiger partial charge in [-0.25, -0.2) is 12.7 Å². The summed E-state index contributed by atoms with van der Waals surface area (Å²) in [5.74, 6) is 0.0158. The number of benzene rings is 1. The zero-order valence-corrected chi connectivity index (χ0v) is 16.4. The summed E-state index contributed by atoms with van der Waals surface area (Å²) < 4.78 is 25.7. The fourth-order valence-electron chi connectivity index (χ4n) is 3.15. The smallest absolute Gasteiger partial charge is 0.231 e. The SMILES string of the molecule is CCS(=O)(=O)N1CCC(C(=O)N[C@@H](C)CN)(c2ccccc2)CC1.Cl. The summed E-state index contributed by atoms with van der Waals surface area (Å²) in [4.78, 5) is 13.0. The second-order valence-corrected chi connectivity index (χ2v) is 8.62. The molecule has 2 rings (SSSR count). The summed E-state index contributed by atoms with van der Waals surface area (Å²) in [5, 5.41) is 2.97. The highest BCUT2D eigenvalue weighted by Crippen LogP contribution is 2.36. The fraction of sp³-hybridized carbons (Fsp3) is 0.588. The van der Waals surface area contributed by atoms with Crippen LogP contribution in [0.1, 0.15) is 32.3 Å². The van der Waals surface area contributed by atoms with Crippen LogP contribution in [0.3, 0.4) is 0 Å². The molecule has 8 heteroatoms. The number of amides is 1. The van der Waals surface area contributed by atoms with Crippen molar-refractivity contribution in [1.82, 2.24) is 9.62 Å². The molecular weight excluding hydrogens is 362 g/mol. The van der Waals surface area contributed by atoms with Gasteiger partial charge in [-0.2, -0.15) is 0 Å². The van der Waals surface area contributed by atoms with Gasteiger partial charge in [-0.3, -0.25) is 4.79 Å². The van der Waals surface area contributed by atoms with Crippen molar-refractivity contribution in [3.63, 3.8) is 0 Å². The van der Waals surface area contributed by atoms with Crippen molar-refractivity contribution in [1.29, 1.82) is 0 Å². The zero-order chi connectivity index (χ0) is 17.8. The van der Waals surface area contributed by atoms with Crippen LogP contribution < -0.4 is 11.1 Å². The molecule has 6 nitrogen and oxygen atoms in total. The molecule has 1 amide bonds. The highest BCUT2D eigenvalue weighted by atomic mass is 35.5. The lowest BCUT2D eigenvalue weighted by Crippen LogP contribution is -2.55. The third-order valence-electron chi connectivity index (χ3n) is 4.83. The molecule has 1 aliphatic rings. The lowest BCUT2D eigenvalue weighted by atomic mass is 9.72. The van der Waals surface area contributed by atoms with Crippen molar-refractivity contribution in [2.75, 3.05) is 25.4 Å². The molecule has 0 spiro atoms. The molecule has 1 aromatic carbocycles. The Balaban J connectivity index is 0.00000312. The van der Waals surface area contributed by atoms with Crippen LogP contribution >= 0.6 is 12.4 Å². The third kappa shape index (κ3) is 4.73. The molecule has 0 saturated carbocycles. The Bertz CT molecular complexity index is 659. The fourth-order valence-corrected chi connectivity index (χ4v) is 4.26. The predicted octanol–water partition coefficient (Wildman–Crippen LogP) is 1.26. The minimum absolute atomic E-state index is 0. The molecule has 0 unspecified atom stereocenters. The van der Waals surface area contributed by atoms with Gasteiger partial charge in [0.25, 0.3) is 0 Å². The number of hydrogen-bond donors (Lipinski definition) is 2. The zero-order valence-electron chi connectivity index (χ0n) is 14.8. The lowest BCUT2D eigenvalue weighted by Gasteiger charge is -2.41. The van der Waals surface area contributed by atoms with E-state index in [-0.39, 0.29) is 30.1 Å². The van der Waals surface area contributed by atoms with E-state index >= 15 is 0 Å². The molecule has 1 saturated heterocycles. The topological polar surface area (TPSA) is 92.5 Å². The number of nitrogens with zero attached hydrogens (tertiary/aromatic N) is 1. The van der Waals surface area contributed by atoms with E-state index < -0.39 is 15.4 Å². The van der Waals surface area contributed by atoms with E-state index in [4.69, 9.17) is 5.73 Å². The summed E-state index contributed by atoms with van der Waals surface area (Å²) in [5.41, 5.74) is 5.85. The normalized spacial score (nSPS) is 18.8. The molecule has 1 aromatic rings. The van der Waals surface area contributed by atoms with Crippen LogP contribution in [0.5, 0.6) is 0 Å². The predicted molar refractivity (Wildman–Crippen MR) is 102 cm³/mol. The quantitative estimate of drug-likeness (QED) is 0.765. The van der Waals surface area contributed by atoms with Crippen molar-refractivity contribution in [2.24, 2.45) is 5.73 Å². The average Bonchev–Trinajstić information content (AvgIpc) is 2.62. The van der Waals surface area contributed by atoms with Crippen LogP contribution in [0.25, 0.3) is 0 Å². The molecule has 0 radical (unpaired) electrons. The minimum atomic E-state index is -3.23. The van der Waals surface area contributed by atoms with E-state index in [2.05, 4.69) is 5.32 Å². The van der Waals surface area contributed by atoms with Crippen molar-refractivity contribution in [2.45, 2.75) is 38.1 Å². The number of nitrogens with two attached hydrogens (primary N) is 1. The molecule has 0 bridgehead atoms. The molecular formula is C17H28ClN3O3S. The lowest BCUT2D eigenvalue weighted by molar-refractivity contribution is -0.128. The Hall–Kier alpha value is -1.15. The van der Waals surface area contributed by atoms with Gasteiger partial charge in [0.05, 0.1) is 11.2 Å². The number of carbonyl (C=O) groups is 1. The molecule has 3 N–H and O–H groups in total. The van der Waals surface area contributed by atoms with Crippen LogP contribution in [0, 0.1) is 0 Å². The van der Waals surface area contributed by atoms with Gasteiger partial charge < -0.3 is 11.1 Å². The minimum Gasteiger partial charge on any atom is -0.352 e. The van der Waals surface area contributed by atoms with E-state index in [1.165, 1.54) is 4.31 Å². The Morgan fingerprint density at radius 2 is 1.84 bits per heavy atom. The summed E-state index contributed by atoms with van der Waals surface area (Å²) in [6.45, 7) is 4.59. The maximum atomic E-state index is 13.0. The van der Waals surface area contributed by atoms with Gasteiger partial charge in [0, 0.05) is 25.7 Å². The third-order valence-corrected chi connectivity index (χ3v) is 6.71. The van der Waals surface area contributed by atoms with E-state index in [9.17, 15) is 13.2 Å². The number of halogens is 1. The van der Waals surface area contributed by atoms with E-state index in [1.807, 2.05) is 37.3 Å². The molecule has 0 aromatic heterocycles. The van der Waals surface area contributed by atoms with Crippen LogP contribution in [0.15, 0.2) is 30.3 Å². The van der Waals surface area contributed by atoms with Gasteiger partial charge in [-0.1, -0.05) is 30.3 Å². The number of hydrogen-bond acceptors (Lipinski definition) is 4. The van der Waals surface area contributed by atoms with Gasteiger partial charge in [0.2, 0.25) is 15.9 Å². The van der Waals surface area contributed by atoms with Gasteiger partial charge in [-0.15, -0.1) is 12.4 Å². The first-order valence-electron chi connectivity index (χ1n) is 8.40. The highest BCUT2D eigenvalue weighted by Gasteiger charge is 2.44. The molecule has 142 valence electrons. The van der Waals surface area contributed by atoms with Gasteiger partial charge in [0.15, 0.2) is 0 Å². The average molecular weight is 390 g/mol. The maximum absolute atomic E-state index is 13.0. The van der Waals surface area contributed by atoms with Crippen molar-refractivity contribution in [3.05, 3.63) is 35.9 Å². The van der Waals surface area contributed by atoms with Crippen LogP contribution in [0.4, 0.5) is 0 Å². The molecule has 1 fully saturated rings. The number of carbonyl (C=O) groups excluding carboxylic acids is 1. The summed E-state index contributed by atoms with van der Waals surface area (Å²) in [6, 6.07) is 9.50. The number of rotatable bonds is 6. The summed E-state index contributed by atoms with van der Waals surface area (Å²) >= 11 is 0. The maximum Gasteiger partial charge on any atom is 0.231 e. The Morgan fingerprint density at radius 3 is 2.32 bits per heavy atom. The number of nitrogens with one attached hydrogen (secondary N) is 1. The first kappa shape index (κ1) is 21.9. The standard InChI is InChI=1S/C17H27N3O3S.ClH/c1-3-24(22,23)20-11-9-17(10-12-20,15-7-5-4-6-8-15)16(21)19-14(2)13-18;/h4-8,14H,3,9-13,18H2,1-2H3,(H,19,21);1H/t14-;/m0./s1. The second-order valence-electron chi connectivity index (χ2n) is 6.36. The molecule has 0 aliphatic carbocycles. The van der Waals surface area contributed by atoms with Crippen LogP contribution in [0.2, 0.25) is 0 Å². The Kier molecular flexibility index (Phi) is 7.87. The Morgan fingerprint density at radius 1 is 1.28 bits per heavy atom. The molecule has 1 heterocycles. The van der Waals surface area contributed by atoms with Gasteiger partial charge in [-0.05, 0) is 32.3 Å². The van der Waals surface area contributed by atoms with Crippen molar-refractivity contribution < 1.29 is 13.2 Å². The van der Waals surface area contributed by atoms with E-state index in [0.717, 1.165) is 5.56 Å². The van der Waals surface area contributed by atoms with E-state index in [1.54, 1.807) is 6.92 Å². The van der Waals surface area contributed by atoms with Gasteiger partial charge >= 0.3 is 0 Å². The molecule has 25 heavy (non-hydrogen) atoms. The monoisotopic (exact) mass is 389 g/mol. The number of sulfonamides is 1. The summed E-state index contributed by atoms with van der Waals surface area (Å²) in [6.07, 6.45) is 0.943. The van der Waals surface area contributed by atoms with E-state index in [0.29, 0.717) is 32.5 Å². The first-order valence-corrected chi connectivity index (χ1v) is 10.0. The second kappa shape index (κ2) is 8.98. The van der Waals surface area contributed by atoms with Crippen LogP contribution in [-0.4, -0.2) is 50.1 Å². The highest BCUT2D eigenvalue weighted by molar-refractivity contribution is 7.89. The van der Waals surface area contributed by atoms with Gasteiger partial charge in [0.1, 0.15) is 0 Å².